The van der Waals surface area contributed by atoms with Crippen molar-refractivity contribution in [3.8, 4) is 5.75 Å². The summed E-state index contributed by atoms with van der Waals surface area (Å²) in [6.07, 6.45) is 0.837. The number of ether oxygens (including phenoxy) is 1. The van der Waals surface area contributed by atoms with Crippen LogP contribution in [-0.4, -0.2) is 22.7 Å². The standard InChI is InChI=1S/C14H18N4O2/c1-2-11-7-13(18-17-11)16-14(19)9-20-12-6-4-3-5-10(12)8-15/h3-7H,2,8-9,15H2,1H3,(H2,16,17,18,19). The summed E-state index contributed by atoms with van der Waals surface area (Å²) < 4.78 is 5.47. The molecule has 2 aromatic rings. The highest BCUT2D eigenvalue weighted by molar-refractivity contribution is 5.90. The minimum atomic E-state index is -0.258. The Hall–Kier alpha value is -2.34. The SMILES string of the molecule is CCc1cc(NC(=O)COc2ccccc2CN)n[nH]1. The minimum Gasteiger partial charge on any atom is -0.483 e. The summed E-state index contributed by atoms with van der Waals surface area (Å²) in [5.41, 5.74) is 7.44. The number of aromatic nitrogens is 2. The van der Waals surface area contributed by atoms with Crippen LogP contribution in [-0.2, 0) is 17.8 Å². The first-order valence-electron chi connectivity index (χ1n) is 6.47. The Kier molecular flexibility index (Phi) is 4.73. The summed E-state index contributed by atoms with van der Waals surface area (Å²) in [7, 11) is 0. The molecule has 0 spiro atoms. The van der Waals surface area contributed by atoms with Gasteiger partial charge in [0.15, 0.2) is 12.4 Å². The molecule has 6 nitrogen and oxygen atoms in total. The fourth-order valence-electron chi connectivity index (χ4n) is 1.74. The van der Waals surface area contributed by atoms with Crippen molar-refractivity contribution in [2.24, 2.45) is 5.73 Å². The van der Waals surface area contributed by atoms with Gasteiger partial charge in [0.1, 0.15) is 5.75 Å². The first-order valence-corrected chi connectivity index (χ1v) is 6.47. The van der Waals surface area contributed by atoms with Crippen LogP contribution in [0.5, 0.6) is 5.75 Å². The lowest BCUT2D eigenvalue weighted by Gasteiger charge is -2.09. The predicted molar refractivity (Wildman–Crippen MR) is 76.4 cm³/mol. The van der Waals surface area contributed by atoms with Crippen molar-refractivity contribution < 1.29 is 9.53 Å². The Morgan fingerprint density at radius 2 is 2.25 bits per heavy atom. The number of H-pyrrole nitrogens is 1. The second-order valence-electron chi connectivity index (χ2n) is 4.28. The van der Waals surface area contributed by atoms with E-state index in [2.05, 4.69) is 15.5 Å². The van der Waals surface area contributed by atoms with E-state index in [1.54, 1.807) is 12.1 Å². The molecule has 0 radical (unpaired) electrons. The third-order valence-corrected chi connectivity index (χ3v) is 2.83. The van der Waals surface area contributed by atoms with Gasteiger partial charge in [-0.1, -0.05) is 25.1 Å². The maximum Gasteiger partial charge on any atom is 0.263 e. The summed E-state index contributed by atoms with van der Waals surface area (Å²) in [4.78, 5) is 11.8. The van der Waals surface area contributed by atoms with E-state index in [0.717, 1.165) is 17.7 Å². The molecule has 0 saturated heterocycles. The number of para-hydroxylation sites is 1. The van der Waals surface area contributed by atoms with E-state index in [4.69, 9.17) is 10.5 Å². The van der Waals surface area contributed by atoms with Gasteiger partial charge in [0.2, 0.25) is 0 Å². The third-order valence-electron chi connectivity index (χ3n) is 2.83. The third kappa shape index (κ3) is 3.58. The Morgan fingerprint density at radius 3 is 2.95 bits per heavy atom. The second kappa shape index (κ2) is 6.72. The Balaban J connectivity index is 1.88. The van der Waals surface area contributed by atoms with Crippen molar-refractivity contribution in [3.05, 3.63) is 41.6 Å². The molecule has 2 rings (SSSR count). The molecule has 6 heteroatoms. The summed E-state index contributed by atoms with van der Waals surface area (Å²) in [5, 5.41) is 9.48. The number of amides is 1. The molecule has 1 amide bonds. The summed E-state index contributed by atoms with van der Waals surface area (Å²) in [5.74, 6) is 0.870. The van der Waals surface area contributed by atoms with Gasteiger partial charge in [0.05, 0.1) is 0 Å². The van der Waals surface area contributed by atoms with Gasteiger partial charge >= 0.3 is 0 Å². The highest BCUT2D eigenvalue weighted by atomic mass is 16.5. The molecule has 0 aliphatic carbocycles. The Labute approximate surface area is 117 Å². The van der Waals surface area contributed by atoms with E-state index >= 15 is 0 Å². The molecule has 0 aliphatic heterocycles. The number of rotatable bonds is 6. The highest BCUT2D eigenvalue weighted by Crippen LogP contribution is 2.17. The van der Waals surface area contributed by atoms with Crippen LogP contribution in [0.15, 0.2) is 30.3 Å². The summed E-state index contributed by atoms with van der Waals surface area (Å²) >= 11 is 0. The topological polar surface area (TPSA) is 93.0 Å². The zero-order valence-corrected chi connectivity index (χ0v) is 11.3. The molecular weight excluding hydrogens is 256 g/mol. The number of benzene rings is 1. The van der Waals surface area contributed by atoms with E-state index in [-0.39, 0.29) is 12.5 Å². The maximum absolute atomic E-state index is 11.8. The zero-order chi connectivity index (χ0) is 14.4. The fourth-order valence-corrected chi connectivity index (χ4v) is 1.74. The van der Waals surface area contributed by atoms with Gasteiger partial charge in [-0.3, -0.25) is 9.89 Å². The van der Waals surface area contributed by atoms with Gasteiger partial charge in [0.25, 0.3) is 5.91 Å². The molecule has 106 valence electrons. The number of nitrogens with one attached hydrogen (secondary N) is 2. The lowest BCUT2D eigenvalue weighted by atomic mass is 10.2. The van der Waals surface area contributed by atoms with Crippen molar-refractivity contribution >= 4 is 11.7 Å². The van der Waals surface area contributed by atoms with Gasteiger partial charge in [-0.15, -0.1) is 0 Å². The van der Waals surface area contributed by atoms with Gasteiger partial charge in [-0.2, -0.15) is 5.10 Å². The number of hydrogen-bond donors (Lipinski definition) is 3. The molecule has 1 aromatic heterocycles. The molecule has 0 bridgehead atoms. The fraction of sp³-hybridized carbons (Fsp3) is 0.286. The first-order chi connectivity index (χ1) is 9.72. The molecule has 0 unspecified atom stereocenters. The molecule has 0 fully saturated rings. The van der Waals surface area contributed by atoms with Gasteiger partial charge in [0, 0.05) is 23.9 Å². The van der Waals surface area contributed by atoms with Crippen LogP contribution in [0, 0.1) is 0 Å². The largest absolute Gasteiger partial charge is 0.483 e. The quantitative estimate of drug-likeness (QED) is 0.743. The summed E-state index contributed by atoms with van der Waals surface area (Å²) in [6, 6.07) is 9.18. The number of aryl methyl sites for hydroxylation is 1. The van der Waals surface area contributed by atoms with Crippen LogP contribution in [0.1, 0.15) is 18.2 Å². The lowest BCUT2D eigenvalue weighted by Crippen LogP contribution is -2.20. The molecular formula is C14H18N4O2. The van der Waals surface area contributed by atoms with E-state index in [1.807, 2.05) is 25.1 Å². The summed E-state index contributed by atoms with van der Waals surface area (Å²) in [6.45, 7) is 2.30. The zero-order valence-electron chi connectivity index (χ0n) is 11.3. The van der Waals surface area contributed by atoms with Crippen molar-refractivity contribution in [3.63, 3.8) is 0 Å². The molecule has 4 N–H and O–H groups in total. The Morgan fingerprint density at radius 1 is 1.45 bits per heavy atom. The molecule has 20 heavy (non-hydrogen) atoms. The van der Waals surface area contributed by atoms with E-state index < -0.39 is 0 Å². The predicted octanol–water partition coefficient (Wildman–Crippen LogP) is 1.45. The van der Waals surface area contributed by atoms with Crippen LogP contribution in [0.2, 0.25) is 0 Å². The van der Waals surface area contributed by atoms with E-state index in [1.165, 1.54) is 0 Å². The number of hydrogen-bond acceptors (Lipinski definition) is 4. The van der Waals surface area contributed by atoms with Gasteiger partial charge < -0.3 is 15.8 Å². The lowest BCUT2D eigenvalue weighted by molar-refractivity contribution is -0.118. The molecule has 1 heterocycles. The number of carbonyl (C=O) groups excluding carboxylic acids is 1. The molecule has 0 atom stereocenters. The minimum absolute atomic E-state index is 0.0780. The number of nitrogens with two attached hydrogens (primary N) is 1. The van der Waals surface area contributed by atoms with Crippen LogP contribution in [0.3, 0.4) is 0 Å². The van der Waals surface area contributed by atoms with Crippen LogP contribution in [0.4, 0.5) is 5.82 Å². The number of aromatic amines is 1. The van der Waals surface area contributed by atoms with Crippen LogP contribution >= 0.6 is 0 Å². The Bertz CT molecular complexity index is 580. The smallest absolute Gasteiger partial charge is 0.263 e. The maximum atomic E-state index is 11.8. The van der Waals surface area contributed by atoms with Gasteiger partial charge in [-0.05, 0) is 12.5 Å². The number of carbonyl (C=O) groups is 1. The van der Waals surface area contributed by atoms with Crippen molar-refractivity contribution in [1.29, 1.82) is 0 Å². The normalized spacial score (nSPS) is 10.3. The van der Waals surface area contributed by atoms with E-state index in [0.29, 0.717) is 18.1 Å². The monoisotopic (exact) mass is 274 g/mol. The van der Waals surface area contributed by atoms with Gasteiger partial charge in [-0.25, -0.2) is 0 Å². The van der Waals surface area contributed by atoms with Crippen LogP contribution < -0.4 is 15.8 Å². The van der Waals surface area contributed by atoms with Crippen LogP contribution in [0.25, 0.3) is 0 Å². The van der Waals surface area contributed by atoms with Crippen molar-refractivity contribution in [1.82, 2.24) is 10.2 Å². The molecule has 1 aromatic carbocycles. The second-order valence-corrected chi connectivity index (χ2v) is 4.28. The van der Waals surface area contributed by atoms with Crippen molar-refractivity contribution in [2.45, 2.75) is 19.9 Å². The molecule has 0 saturated carbocycles. The number of nitrogens with zero attached hydrogens (tertiary/aromatic N) is 1. The van der Waals surface area contributed by atoms with Crippen molar-refractivity contribution in [2.75, 3.05) is 11.9 Å². The average Bonchev–Trinajstić information content (AvgIpc) is 2.93. The average molecular weight is 274 g/mol. The number of anilines is 1. The first kappa shape index (κ1) is 14.1. The molecule has 0 aliphatic rings. The highest BCUT2D eigenvalue weighted by Gasteiger charge is 2.08. The van der Waals surface area contributed by atoms with E-state index in [9.17, 15) is 4.79 Å².